The predicted octanol–water partition coefficient (Wildman–Crippen LogP) is 7.58. The highest BCUT2D eigenvalue weighted by molar-refractivity contribution is 5.82. The first-order chi connectivity index (χ1) is 18.5. The summed E-state index contributed by atoms with van der Waals surface area (Å²) < 4.78 is 6.54. The van der Waals surface area contributed by atoms with Crippen LogP contribution in [-0.2, 0) is 14.3 Å². The van der Waals surface area contributed by atoms with Gasteiger partial charge in [-0.15, -0.1) is 0 Å². The van der Waals surface area contributed by atoms with Gasteiger partial charge < -0.3 is 14.9 Å². The van der Waals surface area contributed by atoms with Gasteiger partial charge in [-0.2, -0.15) is 0 Å². The van der Waals surface area contributed by atoms with E-state index in [2.05, 4.69) is 48.1 Å². The third-order valence-corrected chi connectivity index (χ3v) is 14.2. The maximum absolute atomic E-state index is 13.3. The molecule has 5 heteroatoms. The zero-order valence-corrected chi connectivity index (χ0v) is 26.3. The Morgan fingerprint density at radius 1 is 0.900 bits per heavy atom. The number of hydrogen-bond donors (Lipinski definition) is 2. The lowest BCUT2D eigenvalue weighted by atomic mass is 9.31. The van der Waals surface area contributed by atoms with Gasteiger partial charge in [-0.3, -0.25) is 4.79 Å². The molecule has 0 aromatic rings. The van der Waals surface area contributed by atoms with Crippen molar-refractivity contribution in [2.75, 3.05) is 0 Å². The number of allylic oxidation sites excluding steroid dienone is 2. The molecule has 0 aromatic heterocycles. The summed E-state index contributed by atoms with van der Waals surface area (Å²) >= 11 is 0. The molecule has 0 spiro atoms. The standard InChI is InChI=1S/C35H54O5/c1-20(2)18-28(37)40-27-19-25-31(5,6)26(36)13-14-32(25,7)24-11-10-23-29-22(21(3)4)12-15-35(29,30(38)39)17-16-33(23,8)34(24,27)9/h18,22-27,29,36H,3,10-17,19H2,1-2,4-9H3,(H,38,39)/t22-,23+,24+,25-,26+,27-,29+,32+,33+,34-,35-/m0/s1. The number of hydrogen-bond acceptors (Lipinski definition) is 4. The van der Waals surface area contributed by atoms with Crippen LogP contribution < -0.4 is 0 Å². The largest absolute Gasteiger partial charge is 0.481 e. The van der Waals surface area contributed by atoms with Crippen molar-refractivity contribution < 1.29 is 24.5 Å². The average molecular weight is 555 g/mol. The van der Waals surface area contributed by atoms with E-state index in [0.29, 0.717) is 12.3 Å². The van der Waals surface area contributed by atoms with Crippen molar-refractivity contribution in [3.05, 3.63) is 23.8 Å². The van der Waals surface area contributed by atoms with Crippen molar-refractivity contribution in [3.63, 3.8) is 0 Å². The zero-order valence-electron chi connectivity index (χ0n) is 26.3. The molecule has 0 aromatic carbocycles. The van der Waals surface area contributed by atoms with Gasteiger partial charge in [0.05, 0.1) is 11.5 Å². The monoisotopic (exact) mass is 554 g/mol. The number of aliphatic hydroxyl groups is 1. The fraction of sp³-hybridized carbons (Fsp3) is 0.829. The number of ether oxygens (including phenoxy) is 1. The summed E-state index contributed by atoms with van der Waals surface area (Å²) in [6.07, 6.45) is 8.71. The Morgan fingerprint density at radius 2 is 1.57 bits per heavy atom. The van der Waals surface area contributed by atoms with Crippen LogP contribution in [0.25, 0.3) is 0 Å². The van der Waals surface area contributed by atoms with E-state index in [-0.39, 0.29) is 63.5 Å². The minimum Gasteiger partial charge on any atom is -0.481 e. The lowest BCUT2D eigenvalue weighted by Gasteiger charge is -2.73. The summed E-state index contributed by atoms with van der Waals surface area (Å²) in [4.78, 5) is 26.3. The molecule has 224 valence electrons. The number of carboxylic acids is 1. The van der Waals surface area contributed by atoms with E-state index in [4.69, 9.17) is 4.74 Å². The average Bonchev–Trinajstić information content (AvgIpc) is 3.25. The maximum atomic E-state index is 13.3. The Kier molecular flexibility index (Phi) is 7.05. The number of aliphatic carboxylic acids is 1. The number of aliphatic hydroxyl groups excluding tert-OH is 1. The van der Waals surface area contributed by atoms with E-state index in [1.54, 1.807) is 6.08 Å². The molecule has 5 rings (SSSR count). The molecule has 5 aliphatic rings. The van der Waals surface area contributed by atoms with E-state index in [1.165, 1.54) is 0 Å². The van der Waals surface area contributed by atoms with Crippen molar-refractivity contribution in [2.45, 2.75) is 125 Å². The van der Waals surface area contributed by atoms with Crippen molar-refractivity contribution >= 4 is 11.9 Å². The first-order valence-corrected chi connectivity index (χ1v) is 15.9. The Morgan fingerprint density at radius 3 is 2.17 bits per heavy atom. The first kappa shape index (κ1) is 29.9. The molecular weight excluding hydrogens is 500 g/mol. The van der Waals surface area contributed by atoms with Gasteiger partial charge in [0.1, 0.15) is 6.10 Å². The van der Waals surface area contributed by atoms with Gasteiger partial charge in [0, 0.05) is 11.5 Å². The van der Waals surface area contributed by atoms with E-state index in [9.17, 15) is 19.8 Å². The van der Waals surface area contributed by atoms with Gasteiger partial charge in [-0.05, 0) is 124 Å². The van der Waals surface area contributed by atoms with E-state index in [1.807, 2.05) is 13.8 Å². The molecule has 0 saturated heterocycles. The molecule has 5 aliphatic carbocycles. The molecule has 0 amide bonds. The number of carboxylic acid groups (broad SMARTS) is 1. The highest BCUT2D eigenvalue weighted by atomic mass is 16.5. The van der Waals surface area contributed by atoms with E-state index >= 15 is 0 Å². The first-order valence-electron chi connectivity index (χ1n) is 15.9. The fourth-order valence-corrected chi connectivity index (χ4v) is 12.0. The van der Waals surface area contributed by atoms with Gasteiger partial charge in [0.2, 0.25) is 0 Å². The van der Waals surface area contributed by atoms with Gasteiger partial charge in [0.25, 0.3) is 0 Å². The topological polar surface area (TPSA) is 83.8 Å². The van der Waals surface area contributed by atoms with E-state index in [0.717, 1.165) is 62.5 Å². The second-order valence-corrected chi connectivity index (χ2v) is 16.2. The van der Waals surface area contributed by atoms with Gasteiger partial charge in [-0.1, -0.05) is 52.3 Å². The number of esters is 1. The second-order valence-electron chi connectivity index (χ2n) is 16.2. The minimum absolute atomic E-state index is 0.0235. The van der Waals surface area contributed by atoms with Crippen LogP contribution in [0.2, 0.25) is 0 Å². The zero-order chi connectivity index (χ0) is 29.6. The van der Waals surface area contributed by atoms with Crippen LogP contribution in [0.5, 0.6) is 0 Å². The normalized spacial score (nSPS) is 49.0. The van der Waals surface area contributed by atoms with Crippen molar-refractivity contribution in [3.8, 4) is 0 Å². The van der Waals surface area contributed by atoms with Gasteiger partial charge >= 0.3 is 11.9 Å². The Bertz CT molecular complexity index is 1120. The Balaban J connectivity index is 1.66. The highest BCUT2D eigenvalue weighted by Crippen LogP contribution is 2.77. The van der Waals surface area contributed by atoms with Crippen LogP contribution >= 0.6 is 0 Å². The van der Waals surface area contributed by atoms with Crippen LogP contribution in [0.1, 0.15) is 113 Å². The number of rotatable bonds is 4. The Labute approximate surface area is 242 Å². The predicted molar refractivity (Wildman–Crippen MR) is 157 cm³/mol. The molecule has 0 aliphatic heterocycles. The maximum Gasteiger partial charge on any atom is 0.330 e. The summed E-state index contributed by atoms with van der Waals surface area (Å²) in [6.45, 7) is 22.0. The summed E-state index contributed by atoms with van der Waals surface area (Å²) in [5.41, 5.74) is 0.662. The molecule has 5 fully saturated rings. The van der Waals surface area contributed by atoms with Crippen LogP contribution in [0.3, 0.4) is 0 Å². The fourth-order valence-electron chi connectivity index (χ4n) is 12.0. The second kappa shape index (κ2) is 9.44. The van der Waals surface area contributed by atoms with Crippen LogP contribution in [0, 0.1) is 56.7 Å². The molecule has 5 saturated carbocycles. The molecule has 5 nitrogen and oxygen atoms in total. The van der Waals surface area contributed by atoms with Crippen LogP contribution in [-0.4, -0.2) is 34.4 Å². The Hall–Kier alpha value is -1.62. The minimum atomic E-state index is -0.677. The molecule has 0 unspecified atom stereocenters. The van der Waals surface area contributed by atoms with Crippen molar-refractivity contribution in [2.24, 2.45) is 56.7 Å². The summed E-state index contributed by atoms with van der Waals surface area (Å²) in [7, 11) is 0. The lowest BCUT2D eigenvalue weighted by Crippen LogP contribution is -2.71. The molecule has 0 radical (unpaired) electrons. The third-order valence-electron chi connectivity index (χ3n) is 14.2. The highest BCUT2D eigenvalue weighted by Gasteiger charge is 2.74. The molecule has 11 atom stereocenters. The molecule has 2 N–H and O–H groups in total. The number of fused-ring (bicyclic) bond motifs is 7. The van der Waals surface area contributed by atoms with Crippen molar-refractivity contribution in [1.82, 2.24) is 0 Å². The lowest BCUT2D eigenvalue weighted by molar-refractivity contribution is -0.285. The summed E-state index contributed by atoms with van der Waals surface area (Å²) in [6, 6.07) is 0. The van der Waals surface area contributed by atoms with Gasteiger partial charge in [-0.25, -0.2) is 4.79 Å². The molecule has 0 heterocycles. The number of carbonyl (C=O) groups is 2. The SMILES string of the molecule is C=C(C)[C@@H]1CC[C@]2(C(=O)O)CC[C@]3(C)[C@H](CC[C@@H]4[C@@]5(C)CC[C@@H](O)C(C)(C)[C@@H]5C[C@H](OC(=O)C=C(C)C)[C@]43C)[C@@H]12. The summed E-state index contributed by atoms with van der Waals surface area (Å²) in [5.74, 6) is 0.216. The van der Waals surface area contributed by atoms with E-state index < -0.39 is 11.4 Å². The smallest absolute Gasteiger partial charge is 0.330 e. The number of carbonyl (C=O) groups excluding carboxylic acids is 1. The van der Waals surface area contributed by atoms with Gasteiger partial charge in [0.15, 0.2) is 0 Å². The molecule has 0 bridgehead atoms. The van der Waals surface area contributed by atoms with Crippen LogP contribution in [0.4, 0.5) is 0 Å². The molecule has 40 heavy (non-hydrogen) atoms. The quantitative estimate of drug-likeness (QED) is 0.213. The third kappa shape index (κ3) is 3.81. The molecular formula is C35H54O5. The summed E-state index contributed by atoms with van der Waals surface area (Å²) in [5, 5.41) is 21.8. The van der Waals surface area contributed by atoms with Crippen LogP contribution in [0.15, 0.2) is 23.8 Å². The van der Waals surface area contributed by atoms with Crippen molar-refractivity contribution in [1.29, 1.82) is 0 Å².